The summed E-state index contributed by atoms with van der Waals surface area (Å²) in [4.78, 5) is 24.9. The van der Waals surface area contributed by atoms with Gasteiger partial charge in [0.1, 0.15) is 6.04 Å². The average molecular weight is 363 g/mol. The van der Waals surface area contributed by atoms with Crippen LogP contribution in [0.1, 0.15) is 44.1 Å². The number of alkyl halides is 1. The first-order chi connectivity index (χ1) is 12.3. The summed E-state index contributed by atoms with van der Waals surface area (Å²) in [6.07, 6.45) is 1.08. The molecule has 0 saturated heterocycles. The number of nitrogens with one attached hydrogen (secondary N) is 1. The molecule has 0 aliphatic carbocycles. The number of benzene rings is 1. The molecule has 1 aromatic heterocycles. The van der Waals surface area contributed by atoms with Crippen molar-refractivity contribution in [2.45, 2.75) is 46.2 Å². The van der Waals surface area contributed by atoms with E-state index in [1.165, 1.54) is 7.11 Å². The lowest BCUT2D eigenvalue weighted by Gasteiger charge is -2.28. The van der Waals surface area contributed by atoms with E-state index in [4.69, 9.17) is 4.74 Å². The zero-order chi connectivity index (χ0) is 19.3. The van der Waals surface area contributed by atoms with Crippen LogP contribution in [0.3, 0.4) is 0 Å². The number of halogens is 1. The molecule has 0 saturated carbocycles. The molecule has 0 spiro atoms. The van der Waals surface area contributed by atoms with Crippen LogP contribution in [0, 0.1) is 5.41 Å². The van der Waals surface area contributed by atoms with E-state index in [1.54, 1.807) is 4.68 Å². The minimum Gasteiger partial charge on any atom is -0.467 e. The lowest BCUT2D eigenvalue weighted by atomic mass is 9.86. The fourth-order valence-electron chi connectivity index (χ4n) is 2.77. The molecule has 26 heavy (non-hydrogen) atoms. The van der Waals surface area contributed by atoms with E-state index in [0.29, 0.717) is 24.8 Å². The third-order valence-corrected chi connectivity index (χ3v) is 4.20. The van der Waals surface area contributed by atoms with Gasteiger partial charge in [0.25, 0.3) is 5.91 Å². The molecule has 1 N–H and O–H groups in total. The first kappa shape index (κ1) is 19.9. The van der Waals surface area contributed by atoms with Crippen molar-refractivity contribution in [1.29, 1.82) is 0 Å². The number of methoxy groups -OCH3 is 1. The fraction of sp³-hybridized carbons (Fsp3) is 0.526. The number of aryl methyl sites for hydroxylation is 1. The van der Waals surface area contributed by atoms with Crippen LogP contribution in [0.15, 0.2) is 24.3 Å². The number of hydrogen-bond donors (Lipinski definition) is 1. The molecular weight excluding hydrogens is 337 g/mol. The number of nitrogens with zero attached hydrogens (tertiary/aromatic N) is 2. The lowest BCUT2D eigenvalue weighted by molar-refractivity contribution is -0.145. The predicted molar refractivity (Wildman–Crippen MR) is 97.7 cm³/mol. The van der Waals surface area contributed by atoms with Gasteiger partial charge in [0.2, 0.25) is 0 Å². The van der Waals surface area contributed by atoms with Crippen LogP contribution >= 0.6 is 0 Å². The number of unbranched alkanes of at least 4 members (excludes halogenated alkanes) is 1. The fourth-order valence-corrected chi connectivity index (χ4v) is 2.77. The van der Waals surface area contributed by atoms with Gasteiger partial charge in [0, 0.05) is 11.9 Å². The second-order valence-corrected chi connectivity index (χ2v) is 7.28. The van der Waals surface area contributed by atoms with Gasteiger partial charge in [-0.2, -0.15) is 5.10 Å². The molecule has 1 aromatic carbocycles. The van der Waals surface area contributed by atoms with Gasteiger partial charge in [-0.3, -0.25) is 13.9 Å². The van der Waals surface area contributed by atoms with Crippen LogP contribution in [0.5, 0.6) is 0 Å². The number of rotatable bonds is 7. The molecule has 0 unspecified atom stereocenters. The van der Waals surface area contributed by atoms with Crippen LogP contribution in [0.4, 0.5) is 4.39 Å². The van der Waals surface area contributed by atoms with Crippen molar-refractivity contribution >= 4 is 22.8 Å². The summed E-state index contributed by atoms with van der Waals surface area (Å²) in [6, 6.07) is 6.58. The van der Waals surface area contributed by atoms with Crippen molar-refractivity contribution in [3.05, 3.63) is 30.0 Å². The maximum atomic E-state index is 12.8. The van der Waals surface area contributed by atoms with E-state index in [-0.39, 0.29) is 12.4 Å². The minimum absolute atomic E-state index is 0.249. The minimum atomic E-state index is -0.796. The third-order valence-electron chi connectivity index (χ3n) is 4.20. The maximum Gasteiger partial charge on any atom is 0.328 e. The summed E-state index contributed by atoms with van der Waals surface area (Å²) in [5, 5.41) is 7.86. The van der Waals surface area contributed by atoms with Gasteiger partial charge in [-0.25, -0.2) is 4.79 Å². The van der Waals surface area contributed by atoms with Crippen molar-refractivity contribution < 1.29 is 18.7 Å². The highest BCUT2D eigenvalue weighted by Gasteiger charge is 2.34. The van der Waals surface area contributed by atoms with Crippen molar-refractivity contribution in [2.24, 2.45) is 5.41 Å². The van der Waals surface area contributed by atoms with Gasteiger partial charge in [-0.15, -0.1) is 0 Å². The highest BCUT2D eigenvalue weighted by molar-refractivity contribution is 6.06. The van der Waals surface area contributed by atoms with Crippen LogP contribution in [0.25, 0.3) is 10.9 Å². The zero-order valence-electron chi connectivity index (χ0n) is 15.7. The molecule has 2 rings (SSSR count). The molecule has 7 heteroatoms. The number of aromatic nitrogens is 2. The monoisotopic (exact) mass is 363 g/mol. The number of carbonyl (C=O) groups excluding carboxylic acids is 2. The third kappa shape index (κ3) is 4.39. The first-order valence-corrected chi connectivity index (χ1v) is 8.69. The molecule has 0 fully saturated rings. The van der Waals surface area contributed by atoms with Crippen LogP contribution in [-0.2, 0) is 16.1 Å². The first-order valence-electron chi connectivity index (χ1n) is 8.69. The standard InChI is InChI=1S/C19H26FN3O3/c1-19(2,3)16(18(25)26-4)21-17(24)15-13-9-5-6-10-14(13)23(22-15)12-8-7-11-20/h5-6,9-10,16H,7-8,11-12H2,1-4H3,(H,21,24)/t16-/m1/s1. The van der Waals surface area contributed by atoms with Crippen molar-refractivity contribution in [1.82, 2.24) is 15.1 Å². The predicted octanol–water partition coefficient (Wildman–Crippen LogP) is 3.10. The molecule has 1 atom stereocenters. The number of esters is 1. The highest BCUT2D eigenvalue weighted by Crippen LogP contribution is 2.23. The van der Waals surface area contributed by atoms with Crippen molar-refractivity contribution in [3.8, 4) is 0 Å². The molecule has 1 amide bonds. The Morgan fingerprint density at radius 2 is 1.96 bits per heavy atom. The molecular formula is C19H26FN3O3. The lowest BCUT2D eigenvalue weighted by Crippen LogP contribution is -2.49. The van der Waals surface area contributed by atoms with Crippen molar-refractivity contribution in [2.75, 3.05) is 13.8 Å². The molecule has 0 bridgehead atoms. The van der Waals surface area contributed by atoms with Crippen LogP contribution in [0.2, 0.25) is 0 Å². The summed E-state index contributed by atoms with van der Waals surface area (Å²) >= 11 is 0. The van der Waals surface area contributed by atoms with E-state index < -0.39 is 23.3 Å². The number of para-hydroxylation sites is 1. The molecule has 6 nitrogen and oxygen atoms in total. The normalized spacial score (nSPS) is 12.8. The summed E-state index contributed by atoms with van der Waals surface area (Å²) in [7, 11) is 1.29. The van der Waals surface area contributed by atoms with Gasteiger partial charge >= 0.3 is 5.97 Å². The molecule has 0 aliphatic rings. The number of ether oxygens (including phenoxy) is 1. The smallest absolute Gasteiger partial charge is 0.328 e. The summed E-state index contributed by atoms with van der Waals surface area (Å²) in [5.74, 6) is -0.937. The van der Waals surface area contributed by atoms with Gasteiger partial charge in [0.15, 0.2) is 5.69 Å². The molecule has 2 aromatic rings. The number of hydrogen-bond acceptors (Lipinski definition) is 4. The maximum absolute atomic E-state index is 12.8. The Kier molecular flexibility index (Phi) is 6.34. The largest absolute Gasteiger partial charge is 0.467 e. The van der Waals surface area contributed by atoms with Crippen molar-refractivity contribution in [3.63, 3.8) is 0 Å². The quantitative estimate of drug-likeness (QED) is 0.606. The van der Waals surface area contributed by atoms with Gasteiger partial charge in [-0.1, -0.05) is 39.0 Å². The Hall–Kier alpha value is -2.44. The van der Waals surface area contributed by atoms with E-state index in [9.17, 15) is 14.0 Å². The Bertz CT molecular complexity index is 780. The molecule has 142 valence electrons. The van der Waals surface area contributed by atoms with E-state index >= 15 is 0 Å². The number of amides is 1. The second-order valence-electron chi connectivity index (χ2n) is 7.28. The van der Waals surface area contributed by atoms with Crippen LogP contribution in [-0.4, -0.2) is 41.5 Å². The summed E-state index contributed by atoms with van der Waals surface area (Å²) < 4.78 is 18.9. The van der Waals surface area contributed by atoms with Gasteiger partial charge in [-0.05, 0) is 24.3 Å². The molecule has 1 heterocycles. The zero-order valence-corrected chi connectivity index (χ0v) is 15.7. The molecule has 0 radical (unpaired) electrons. The highest BCUT2D eigenvalue weighted by atomic mass is 19.1. The average Bonchev–Trinajstić information content (AvgIpc) is 2.97. The Balaban J connectivity index is 2.33. The SMILES string of the molecule is COC(=O)[C@@H](NC(=O)c1nn(CCCCF)c2ccccc12)C(C)(C)C. The summed E-state index contributed by atoms with van der Waals surface area (Å²) in [5.41, 5.74) is 0.545. The van der Waals surface area contributed by atoms with Gasteiger partial charge < -0.3 is 10.1 Å². The van der Waals surface area contributed by atoms with Gasteiger partial charge in [0.05, 0.1) is 19.3 Å². The van der Waals surface area contributed by atoms with Crippen LogP contribution < -0.4 is 5.32 Å². The van der Waals surface area contributed by atoms with E-state index in [1.807, 2.05) is 45.0 Å². The molecule has 0 aliphatic heterocycles. The second kappa shape index (κ2) is 8.29. The van der Waals surface area contributed by atoms with E-state index in [2.05, 4.69) is 10.4 Å². The number of fused-ring (bicyclic) bond motifs is 1. The Morgan fingerprint density at radius 3 is 2.58 bits per heavy atom. The van der Waals surface area contributed by atoms with E-state index in [0.717, 1.165) is 5.52 Å². The Morgan fingerprint density at radius 1 is 1.27 bits per heavy atom. The number of carbonyl (C=O) groups is 2. The Labute approximate surface area is 152 Å². The summed E-state index contributed by atoms with van der Waals surface area (Å²) in [6.45, 7) is 5.70. The topological polar surface area (TPSA) is 73.2 Å².